The summed E-state index contributed by atoms with van der Waals surface area (Å²) < 4.78 is 36.3. The van der Waals surface area contributed by atoms with Gasteiger partial charge >= 0.3 is 0 Å². The van der Waals surface area contributed by atoms with E-state index in [2.05, 4.69) is 10.1 Å². The Morgan fingerprint density at radius 3 is 2.65 bits per heavy atom. The second-order valence-electron chi connectivity index (χ2n) is 9.01. The van der Waals surface area contributed by atoms with Crippen molar-refractivity contribution in [2.24, 2.45) is 0 Å². The van der Waals surface area contributed by atoms with Crippen molar-refractivity contribution in [3.63, 3.8) is 0 Å². The standard InChI is InChI=1S/C24H27N3O6S/c1-34(30,31)27-10-8-26(9-11-27)12-13-32-18-4-6-19-16(14-18)2-7-22-23(19)24(25-33-22)20-5-3-17(28)15-21(20)29/h2,4,6-7,14,20H,3,5,8-13,15H2,1H3. The normalized spacial score (nSPS) is 20.9. The van der Waals surface area contributed by atoms with Crippen LogP contribution in [0.5, 0.6) is 5.75 Å². The third-order valence-corrected chi connectivity index (χ3v) is 8.03. The molecule has 2 aliphatic rings. The molecule has 0 amide bonds. The molecular formula is C24H27N3O6S. The molecular weight excluding hydrogens is 458 g/mol. The molecule has 0 radical (unpaired) electrons. The van der Waals surface area contributed by atoms with E-state index < -0.39 is 15.9 Å². The summed E-state index contributed by atoms with van der Waals surface area (Å²) >= 11 is 0. The SMILES string of the molecule is CS(=O)(=O)N1CCN(CCOc2ccc3c(ccc4onc(C5CCC(=O)CC5=O)c43)c2)CC1. The van der Waals surface area contributed by atoms with E-state index in [-0.39, 0.29) is 18.0 Å². The largest absolute Gasteiger partial charge is 0.492 e. The van der Waals surface area contributed by atoms with E-state index in [4.69, 9.17) is 9.26 Å². The van der Waals surface area contributed by atoms with Gasteiger partial charge < -0.3 is 9.26 Å². The van der Waals surface area contributed by atoms with Crippen LogP contribution in [0.1, 0.15) is 30.9 Å². The molecule has 34 heavy (non-hydrogen) atoms. The highest BCUT2D eigenvalue weighted by molar-refractivity contribution is 7.88. The quantitative estimate of drug-likeness (QED) is 0.490. The average Bonchev–Trinajstić information content (AvgIpc) is 3.23. The minimum absolute atomic E-state index is 0.0158. The Morgan fingerprint density at radius 1 is 1.12 bits per heavy atom. The predicted molar refractivity (Wildman–Crippen MR) is 126 cm³/mol. The van der Waals surface area contributed by atoms with Crippen molar-refractivity contribution in [3.05, 3.63) is 36.0 Å². The number of fused-ring (bicyclic) bond motifs is 3. The Morgan fingerprint density at radius 2 is 1.91 bits per heavy atom. The summed E-state index contributed by atoms with van der Waals surface area (Å²) in [6.07, 6.45) is 2.06. The van der Waals surface area contributed by atoms with Crippen molar-refractivity contribution in [3.8, 4) is 5.75 Å². The van der Waals surface area contributed by atoms with Crippen molar-refractivity contribution < 1.29 is 27.3 Å². The molecule has 10 heteroatoms. The lowest BCUT2D eigenvalue weighted by atomic mass is 9.83. The number of ether oxygens (including phenoxy) is 1. The van der Waals surface area contributed by atoms with Crippen LogP contribution in [0.4, 0.5) is 0 Å². The number of aromatic nitrogens is 1. The van der Waals surface area contributed by atoms with Gasteiger partial charge in [-0.2, -0.15) is 4.31 Å². The van der Waals surface area contributed by atoms with Gasteiger partial charge in [-0.1, -0.05) is 11.2 Å². The van der Waals surface area contributed by atoms with Crippen LogP contribution in [0.3, 0.4) is 0 Å². The molecule has 2 fully saturated rings. The van der Waals surface area contributed by atoms with Crippen LogP contribution in [0, 0.1) is 0 Å². The summed E-state index contributed by atoms with van der Waals surface area (Å²) in [7, 11) is -3.13. The first-order valence-corrected chi connectivity index (χ1v) is 13.3. The van der Waals surface area contributed by atoms with Crippen LogP contribution in [-0.2, 0) is 19.6 Å². The first-order valence-electron chi connectivity index (χ1n) is 11.5. The smallest absolute Gasteiger partial charge is 0.211 e. The number of ketones is 2. The Balaban J connectivity index is 1.28. The van der Waals surface area contributed by atoms with Gasteiger partial charge in [0.2, 0.25) is 10.0 Å². The van der Waals surface area contributed by atoms with Crippen LogP contribution in [0.25, 0.3) is 21.7 Å². The fraction of sp³-hybridized carbons (Fsp3) is 0.458. The number of hydrogen-bond acceptors (Lipinski definition) is 8. The van der Waals surface area contributed by atoms with Crippen LogP contribution in [0.2, 0.25) is 0 Å². The highest BCUT2D eigenvalue weighted by atomic mass is 32.2. The molecule has 1 unspecified atom stereocenters. The maximum Gasteiger partial charge on any atom is 0.211 e. The molecule has 0 spiro atoms. The number of benzene rings is 2. The predicted octanol–water partition coefficient (Wildman–Crippen LogP) is 2.34. The molecule has 3 aromatic rings. The number of Topliss-reactive ketones (excluding diaryl/α,β-unsaturated/α-hetero) is 2. The molecule has 1 atom stereocenters. The van der Waals surface area contributed by atoms with Gasteiger partial charge in [-0.3, -0.25) is 14.5 Å². The molecule has 0 bridgehead atoms. The molecule has 2 aromatic carbocycles. The second kappa shape index (κ2) is 9.09. The molecule has 2 heterocycles. The topological polar surface area (TPSA) is 110 Å². The van der Waals surface area contributed by atoms with Gasteiger partial charge in [0.1, 0.15) is 29.6 Å². The van der Waals surface area contributed by atoms with E-state index in [0.717, 1.165) is 21.9 Å². The van der Waals surface area contributed by atoms with E-state index in [9.17, 15) is 18.0 Å². The van der Waals surface area contributed by atoms with Gasteiger partial charge in [0, 0.05) is 39.1 Å². The molecule has 1 saturated heterocycles. The van der Waals surface area contributed by atoms with Gasteiger partial charge in [0.25, 0.3) is 0 Å². The van der Waals surface area contributed by atoms with Crippen LogP contribution < -0.4 is 4.74 Å². The van der Waals surface area contributed by atoms with E-state index in [1.165, 1.54) is 10.6 Å². The first kappa shape index (κ1) is 22.9. The Kier molecular flexibility index (Phi) is 6.13. The molecule has 1 aliphatic carbocycles. The fourth-order valence-electron chi connectivity index (χ4n) is 4.84. The molecule has 1 aromatic heterocycles. The monoisotopic (exact) mass is 485 g/mol. The lowest BCUT2D eigenvalue weighted by Gasteiger charge is -2.33. The minimum atomic E-state index is -3.13. The zero-order chi connectivity index (χ0) is 23.9. The maximum absolute atomic E-state index is 12.5. The number of sulfonamides is 1. The summed E-state index contributed by atoms with van der Waals surface area (Å²) in [5, 5.41) is 6.91. The molecule has 1 aliphatic heterocycles. The number of nitrogens with zero attached hydrogens (tertiary/aromatic N) is 3. The highest BCUT2D eigenvalue weighted by Crippen LogP contribution is 2.37. The lowest BCUT2D eigenvalue weighted by molar-refractivity contribution is -0.130. The summed E-state index contributed by atoms with van der Waals surface area (Å²) in [6.45, 7) is 3.59. The Bertz CT molecular complexity index is 1360. The van der Waals surface area contributed by atoms with Gasteiger partial charge in [-0.25, -0.2) is 8.42 Å². The number of carbonyl (C=O) groups excluding carboxylic acids is 2. The number of carbonyl (C=O) groups is 2. The number of hydrogen-bond donors (Lipinski definition) is 0. The van der Waals surface area contributed by atoms with Gasteiger partial charge in [-0.15, -0.1) is 0 Å². The van der Waals surface area contributed by atoms with Gasteiger partial charge in [0.05, 0.1) is 24.0 Å². The molecule has 180 valence electrons. The molecule has 1 saturated carbocycles. The zero-order valence-corrected chi connectivity index (χ0v) is 19.8. The summed E-state index contributed by atoms with van der Waals surface area (Å²) in [5.74, 6) is 0.210. The van der Waals surface area contributed by atoms with Crippen LogP contribution >= 0.6 is 0 Å². The molecule has 9 nitrogen and oxygen atoms in total. The summed E-state index contributed by atoms with van der Waals surface area (Å²) in [5.41, 5.74) is 1.23. The van der Waals surface area contributed by atoms with Crippen molar-refractivity contribution >= 4 is 43.3 Å². The van der Waals surface area contributed by atoms with Crippen LogP contribution in [0.15, 0.2) is 34.9 Å². The minimum Gasteiger partial charge on any atom is -0.492 e. The van der Waals surface area contributed by atoms with E-state index in [1.54, 1.807) is 0 Å². The third kappa shape index (κ3) is 4.57. The fourth-order valence-corrected chi connectivity index (χ4v) is 5.67. The maximum atomic E-state index is 12.5. The lowest BCUT2D eigenvalue weighted by Crippen LogP contribution is -2.49. The average molecular weight is 486 g/mol. The van der Waals surface area contributed by atoms with E-state index >= 15 is 0 Å². The van der Waals surface area contributed by atoms with Crippen molar-refractivity contribution in [2.45, 2.75) is 25.2 Å². The Labute approximate surface area is 197 Å². The van der Waals surface area contributed by atoms with Crippen molar-refractivity contribution in [2.75, 3.05) is 45.6 Å². The van der Waals surface area contributed by atoms with Crippen molar-refractivity contribution in [1.82, 2.24) is 14.4 Å². The Hall–Kier alpha value is -2.82. The number of piperazine rings is 1. The van der Waals surface area contributed by atoms with Gasteiger partial charge in [0.15, 0.2) is 5.58 Å². The first-order chi connectivity index (χ1) is 16.3. The summed E-state index contributed by atoms with van der Waals surface area (Å²) in [6, 6.07) is 9.59. The second-order valence-corrected chi connectivity index (χ2v) is 11.0. The molecule has 0 N–H and O–H groups in total. The van der Waals surface area contributed by atoms with Crippen molar-refractivity contribution in [1.29, 1.82) is 0 Å². The van der Waals surface area contributed by atoms with Gasteiger partial charge in [-0.05, 0) is 41.5 Å². The van der Waals surface area contributed by atoms with Crippen LogP contribution in [-0.4, -0.2) is 79.9 Å². The van der Waals surface area contributed by atoms with E-state index in [0.29, 0.717) is 63.4 Å². The third-order valence-electron chi connectivity index (χ3n) is 6.73. The zero-order valence-electron chi connectivity index (χ0n) is 19.0. The number of rotatable bonds is 6. The molecule has 5 rings (SSSR count). The summed E-state index contributed by atoms with van der Waals surface area (Å²) in [4.78, 5) is 26.3. The highest BCUT2D eigenvalue weighted by Gasteiger charge is 2.32. The van der Waals surface area contributed by atoms with E-state index in [1.807, 2.05) is 30.3 Å².